The molecule has 0 aliphatic rings. The van der Waals surface area contributed by atoms with Gasteiger partial charge in [0.25, 0.3) is 0 Å². The van der Waals surface area contributed by atoms with Crippen molar-refractivity contribution in [3.8, 4) is 0 Å². The minimum Gasteiger partial charge on any atom is -0.373 e. The zero-order valence-electron chi connectivity index (χ0n) is 12.5. The topological polar surface area (TPSA) is 41.0 Å². The molecule has 0 saturated carbocycles. The molecule has 0 aliphatic heterocycles. The maximum absolute atomic E-state index is 4.72. The van der Waals surface area contributed by atoms with Gasteiger partial charge in [-0.05, 0) is 13.3 Å². The van der Waals surface area contributed by atoms with Crippen LogP contribution in [0.4, 0.5) is 11.6 Å². The number of nitrogens with zero attached hydrogens (tertiary/aromatic N) is 3. The first-order valence-corrected chi connectivity index (χ1v) is 6.74. The Bertz CT molecular complexity index is 382. The van der Waals surface area contributed by atoms with Crippen LogP contribution in [0.3, 0.4) is 0 Å². The predicted molar refractivity (Wildman–Crippen MR) is 78.5 cm³/mol. The second-order valence-corrected chi connectivity index (χ2v) is 5.51. The van der Waals surface area contributed by atoms with Crippen molar-refractivity contribution in [3.05, 3.63) is 11.9 Å². The fourth-order valence-electron chi connectivity index (χ4n) is 1.76. The van der Waals surface area contributed by atoms with Gasteiger partial charge >= 0.3 is 0 Å². The van der Waals surface area contributed by atoms with Crippen LogP contribution in [0.1, 0.15) is 46.9 Å². The highest BCUT2D eigenvalue weighted by Gasteiger charge is 2.20. The van der Waals surface area contributed by atoms with E-state index in [9.17, 15) is 0 Å². The monoisotopic (exact) mass is 250 g/mol. The van der Waals surface area contributed by atoms with E-state index >= 15 is 0 Å². The Balaban J connectivity index is 3.18. The molecule has 1 aromatic rings. The molecule has 0 bridgehead atoms. The van der Waals surface area contributed by atoms with E-state index in [1.807, 2.05) is 13.1 Å². The fraction of sp³-hybridized carbons (Fsp3) is 0.714. The third-order valence-corrected chi connectivity index (χ3v) is 2.84. The summed E-state index contributed by atoms with van der Waals surface area (Å²) in [6.45, 7) is 12.8. The molecule has 0 amide bonds. The summed E-state index contributed by atoms with van der Waals surface area (Å²) < 4.78 is 0. The smallest absolute Gasteiger partial charge is 0.138 e. The number of aromatic nitrogens is 2. The van der Waals surface area contributed by atoms with E-state index in [0.29, 0.717) is 0 Å². The first kappa shape index (κ1) is 14.7. The SMILES string of the molecule is CCCN(CC)c1cc(NC)nc(C(C)(C)C)n1. The third-order valence-electron chi connectivity index (χ3n) is 2.84. The van der Waals surface area contributed by atoms with Crippen LogP contribution in [0.15, 0.2) is 6.07 Å². The van der Waals surface area contributed by atoms with Crippen LogP contribution in [-0.4, -0.2) is 30.1 Å². The molecule has 0 atom stereocenters. The summed E-state index contributed by atoms with van der Waals surface area (Å²) in [6, 6.07) is 2.02. The van der Waals surface area contributed by atoms with E-state index in [0.717, 1.165) is 37.0 Å². The highest BCUT2D eigenvalue weighted by molar-refractivity contribution is 5.49. The van der Waals surface area contributed by atoms with Crippen LogP contribution < -0.4 is 10.2 Å². The van der Waals surface area contributed by atoms with E-state index in [4.69, 9.17) is 4.98 Å². The number of anilines is 2. The zero-order chi connectivity index (χ0) is 13.8. The van der Waals surface area contributed by atoms with Crippen molar-refractivity contribution in [1.29, 1.82) is 0 Å². The van der Waals surface area contributed by atoms with Crippen molar-refractivity contribution in [1.82, 2.24) is 9.97 Å². The lowest BCUT2D eigenvalue weighted by molar-refractivity contribution is 0.544. The molecular weight excluding hydrogens is 224 g/mol. The maximum atomic E-state index is 4.72. The molecule has 1 N–H and O–H groups in total. The summed E-state index contributed by atoms with van der Waals surface area (Å²) in [5.74, 6) is 2.79. The Kier molecular flexibility index (Phi) is 4.93. The maximum Gasteiger partial charge on any atom is 0.138 e. The molecule has 0 saturated heterocycles. The zero-order valence-corrected chi connectivity index (χ0v) is 12.5. The summed E-state index contributed by atoms with van der Waals surface area (Å²) >= 11 is 0. The van der Waals surface area contributed by atoms with Crippen LogP contribution in [-0.2, 0) is 5.41 Å². The number of rotatable bonds is 5. The highest BCUT2D eigenvalue weighted by atomic mass is 15.2. The van der Waals surface area contributed by atoms with Gasteiger partial charge in [0.05, 0.1) is 0 Å². The van der Waals surface area contributed by atoms with Gasteiger partial charge in [0.2, 0.25) is 0 Å². The summed E-state index contributed by atoms with van der Waals surface area (Å²) in [5.41, 5.74) is -0.0345. The van der Waals surface area contributed by atoms with E-state index < -0.39 is 0 Å². The minimum absolute atomic E-state index is 0.0345. The lowest BCUT2D eigenvalue weighted by Gasteiger charge is -2.25. The van der Waals surface area contributed by atoms with E-state index in [1.165, 1.54) is 0 Å². The van der Waals surface area contributed by atoms with E-state index in [-0.39, 0.29) is 5.41 Å². The Morgan fingerprint density at radius 3 is 2.33 bits per heavy atom. The van der Waals surface area contributed by atoms with Gasteiger partial charge in [0.1, 0.15) is 17.5 Å². The molecule has 4 nitrogen and oxygen atoms in total. The van der Waals surface area contributed by atoms with Crippen molar-refractivity contribution >= 4 is 11.6 Å². The average molecular weight is 250 g/mol. The van der Waals surface area contributed by atoms with Gasteiger partial charge in [-0.2, -0.15) is 0 Å². The summed E-state index contributed by atoms with van der Waals surface area (Å²) in [6.07, 6.45) is 1.12. The van der Waals surface area contributed by atoms with Gasteiger partial charge in [0, 0.05) is 31.6 Å². The second kappa shape index (κ2) is 6.03. The van der Waals surface area contributed by atoms with Crippen molar-refractivity contribution in [2.24, 2.45) is 0 Å². The van der Waals surface area contributed by atoms with Crippen molar-refractivity contribution < 1.29 is 0 Å². The molecule has 1 heterocycles. The molecular formula is C14H26N4. The molecule has 0 unspecified atom stereocenters. The molecule has 1 aromatic heterocycles. The van der Waals surface area contributed by atoms with Crippen molar-refractivity contribution in [2.45, 2.75) is 46.5 Å². The van der Waals surface area contributed by atoms with E-state index in [2.05, 4.69) is 49.8 Å². The van der Waals surface area contributed by atoms with Gasteiger partial charge in [-0.3, -0.25) is 0 Å². The number of hydrogen-bond donors (Lipinski definition) is 1. The van der Waals surface area contributed by atoms with Gasteiger partial charge in [-0.25, -0.2) is 9.97 Å². The quantitative estimate of drug-likeness (QED) is 0.872. The van der Waals surface area contributed by atoms with Crippen molar-refractivity contribution in [3.63, 3.8) is 0 Å². The summed E-state index contributed by atoms with van der Waals surface area (Å²) in [5, 5.41) is 3.12. The third kappa shape index (κ3) is 3.59. The van der Waals surface area contributed by atoms with Gasteiger partial charge < -0.3 is 10.2 Å². The van der Waals surface area contributed by atoms with Crippen LogP contribution >= 0.6 is 0 Å². The van der Waals surface area contributed by atoms with Crippen molar-refractivity contribution in [2.75, 3.05) is 30.4 Å². The van der Waals surface area contributed by atoms with Gasteiger partial charge in [0.15, 0.2) is 0 Å². The molecule has 102 valence electrons. The minimum atomic E-state index is -0.0345. The Labute approximate surface area is 111 Å². The van der Waals surface area contributed by atoms with Crippen LogP contribution in [0.2, 0.25) is 0 Å². The Morgan fingerprint density at radius 1 is 1.22 bits per heavy atom. The Morgan fingerprint density at radius 2 is 1.89 bits per heavy atom. The molecule has 0 aromatic carbocycles. The number of nitrogens with one attached hydrogen (secondary N) is 1. The normalized spacial score (nSPS) is 11.4. The molecule has 0 aliphatic carbocycles. The first-order valence-electron chi connectivity index (χ1n) is 6.74. The second-order valence-electron chi connectivity index (χ2n) is 5.51. The van der Waals surface area contributed by atoms with Gasteiger partial charge in [-0.15, -0.1) is 0 Å². The Hall–Kier alpha value is -1.32. The fourth-order valence-corrected chi connectivity index (χ4v) is 1.76. The summed E-state index contributed by atoms with van der Waals surface area (Å²) in [7, 11) is 1.90. The van der Waals surface area contributed by atoms with Gasteiger partial charge in [-0.1, -0.05) is 27.7 Å². The molecule has 4 heteroatoms. The highest BCUT2D eigenvalue weighted by Crippen LogP contribution is 2.23. The largest absolute Gasteiger partial charge is 0.373 e. The van der Waals surface area contributed by atoms with Crippen LogP contribution in [0.5, 0.6) is 0 Å². The lowest BCUT2D eigenvalue weighted by atomic mass is 9.96. The molecule has 0 radical (unpaired) electrons. The molecule has 1 rings (SSSR count). The first-order chi connectivity index (χ1) is 8.42. The van der Waals surface area contributed by atoms with Crippen LogP contribution in [0.25, 0.3) is 0 Å². The summed E-state index contributed by atoms with van der Waals surface area (Å²) in [4.78, 5) is 11.6. The van der Waals surface area contributed by atoms with Crippen LogP contribution in [0, 0.1) is 0 Å². The number of hydrogen-bond acceptors (Lipinski definition) is 4. The lowest BCUT2D eigenvalue weighted by Crippen LogP contribution is -2.27. The standard InChI is InChI=1S/C14H26N4/c1-7-9-18(8-2)12-10-11(15-6)16-13(17-12)14(3,4)5/h10H,7-9H2,1-6H3,(H,15,16,17). The molecule has 18 heavy (non-hydrogen) atoms. The van der Waals surface area contributed by atoms with E-state index in [1.54, 1.807) is 0 Å². The molecule has 0 spiro atoms. The molecule has 0 fully saturated rings. The average Bonchev–Trinajstić information content (AvgIpc) is 2.34. The predicted octanol–water partition coefficient (Wildman–Crippen LogP) is 3.05.